The molecule has 7 heavy (non-hydrogen) atoms. The molecule has 2 nitrogen and oxygen atoms in total. The molecule has 1 aliphatic heterocycles. The van der Waals surface area contributed by atoms with E-state index in [4.69, 9.17) is 9.47 Å². The molecule has 44 valence electrons. The molecule has 0 aromatic rings. The molecule has 1 fully saturated rings. The molecule has 1 aliphatic rings. The Morgan fingerprint density at radius 3 is 1.71 bits per heavy atom. The molecule has 0 aromatic heterocycles. The topological polar surface area (TPSA) is 18.5 Å². The molecule has 0 bridgehead atoms. The van der Waals surface area contributed by atoms with Crippen LogP contribution in [0.15, 0.2) is 0 Å². The smallest absolute Gasteiger partial charge is 0.146 e. The van der Waals surface area contributed by atoms with Gasteiger partial charge in [0.1, 0.15) is 6.79 Å². The van der Waals surface area contributed by atoms with Crippen LogP contribution in [0.4, 0.5) is 0 Å². The van der Waals surface area contributed by atoms with E-state index < -0.39 is 0 Å². The lowest BCUT2D eigenvalue weighted by Gasteiger charge is -2.09. The summed E-state index contributed by atoms with van der Waals surface area (Å²) in [7, 11) is 0. The maximum absolute atomic E-state index is 4.85. The zero-order valence-electron chi connectivity index (χ0n) is 4.05. The van der Waals surface area contributed by atoms with Crippen LogP contribution in [0.25, 0.3) is 0 Å². The number of hydrogen-bond donors (Lipinski definition) is 0. The van der Waals surface area contributed by atoms with Gasteiger partial charge >= 0.3 is 0 Å². The van der Waals surface area contributed by atoms with E-state index in [1.807, 2.05) is 0 Å². The van der Waals surface area contributed by atoms with Crippen molar-refractivity contribution in [2.75, 3.05) is 20.0 Å². The van der Waals surface area contributed by atoms with Gasteiger partial charge in [-0.05, 0) is 6.42 Å². The summed E-state index contributed by atoms with van der Waals surface area (Å²) in [6.45, 7) is 2.25. The summed E-state index contributed by atoms with van der Waals surface area (Å²) >= 11 is 0. The first kappa shape index (κ1) is 7.21. The molecule has 1 rings (SSSR count). The van der Waals surface area contributed by atoms with Crippen molar-refractivity contribution < 1.29 is 9.47 Å². The Morgan fingerprint density at radius 1 is 1.00 bits per heavy atom. The van der Waals surface area contributed by atoms with E-state index in [0.717, 1.165) is 19.6 Å². The third-order valence-corrected chi connectivity index (χ3v) is 0.744. The minimum absolute atomic E-state index is 0. The normalized spacial score (nSPS) is 20.6. The third kappa shape index (κ3) is 2.85. The first-order valence-electron chi connectivity index (χ1n) is 2.15. The molecule has 0 atom stereocenters. The van der Waals surface area contributed by atoms with Gasteiger partial charge in [-0.15, -0.1) is 12.4 Å². The molecule has 0 unspecified atom stereocenters. The molecule has 1 saturated heterocycles. The second-order valence-electron chi connectivity index (χ2n) is 1.29. The summed E-state index contributed by atoms with van der Waals surface area (Å²) in [4.78, 5) is 0. The second kappa shape index (κ2) is 4.37. The van der Waals surface area contributed by atoms with Crippen molar-refractivity contribution in [2.24, 2.45) is 0 Å². The van der Waals surface area contributed by atoms with Gasteiger partial charge in [0.2, 0.25) is 0 Å². The fraction of sp³-hybridized carbons (Fsp3) is 1.00. The molecule has 0 spiro atoms. The largest absolute Gasteiger partial charge is 0.355 e. The van der Waals surface area contributed by atoms with Gasteiger partial charge in [-0.3, -0.25) is 0 Å². The van der Waals surface area contributed by atoms with Crippen LogP contribution in [0, 0.1) is 0 Å². The van der Waals surface area contributed by atoms with E-state index >= 15 is 0 Å². The van der Waals surface area contributed by atoms with Crippen molar-refractivity contribution in [1.82, 2.24) is 0 Å². The van der Waals surface area contributed by atoms with Crippen LogP contribution in [-0.2, 0) is 9.47 Å². The molecule has 0 saturated carbocycles. The molecule has 0 radical (unpaired) electrons. The van der Waals surface area contributed by atoms with Crippen LogP contribution in [0.3, 0.4) is 0 Å². The van der Waals surface area contributed by atoms with Gasteiger partial charge in [0.05, 0.1) is 13.2 Å². The predicted molar refractivity (Wildman–Crippen MR) is 28.6 cm³/mol. The van der Waals surface area contributed by atoms with Gasteiger partial charge in [-0.2, -0.15) is 0 Å². The minimum atomic E-state index is 0. The molecular formula is C4H9ClO2. The van der Waals surface area contributed by atoms with Gasteiger partial charge in [0.15, 0.2) is 0 Å². The van der Waals surface area contributed by atoms with Crippen LogP contribution in [0.2, 0.25) is 0 Å². The number of ether oxygens (including phenoxy) is 2. The molecule has 0 aromatic carbocycles. The van der Waals surface area contributed by atoms with Crippen LogP contribution in [0.1, 0.15) is 6.42 Å². The highest BCUT2D eigenvalue weighted by Gasteiger charge is 1.94. The highest BCUT2D eigenvalue weighted by molar-refractivity contribution is 5.85. The summed E-state index contributed by atoms with van der Waals surface area (Å²) in [5, 5.41) is 0. The Balaban J connectivity index is 0.000000360. The number of halogens is 1. The lowest BCUT2D eigenvalue weighted by atomic mass is 10.5. The monoisotopic (exact) mass is 124 g/mol. The van der Waals surface area contributed by atoms with Crippen LogP contribution >= 0.6 is 12.4 Å². The van der Waals surface area contributed by atoms with Gasteiger partial charge < -0.3 is 9.47 Å². The Bertz CT molecular complexity index is 25.2. The predicted octanol–water partition coefficient (Wildman–Crippen LogP) is 0.803. The number of hydrogen-bond acceptors (Lipinski definition) is 2. The van der Waals surface area contributed by atoms with E-state index in [2.05, 4.69) is 0 Å². The SMILES string of the molecule is C1COCOC1.Cl. The average Bonchev–Trinajstić information content (AvgIpc) is 1.72. The van der Waals surface area contributed by atoms with Crippen LogP contribution in [-0.4, -0.2) is 20.0 Å². The van der Waals surface area contributed by atoms with Crippen LogP contribution in [0.5, 0.6) is 0 Å². The summed E-state index contributed by atoms with van der Waals surface area (Å²) in [5.41, 5.74) is 0. The first-order valence-corrected chi connectivity index (χ1v) is 2.15. The second-order valence-corrected chi connectivity index (χ2v) is 1.29. The minimum Gasteiger partial charge on any atom is -0.355 e. The van der Waals surface area contributed by atoms with E-state index in [-0.39, 0.29) is 12.4 Å². The van der Waals surface area contributed by atoms with Crippen molar-refractivity contribution in [1.29, 1.82) is 0 Å². The zero-order valence-corrected chi connectivity index (χ0v) is 4.87. The maximum Gasteiger partial charge on any atom is 0.146 e. The highest BCUT2D eigenvalue weighted by atomic mass is 35.5. The lowest BCUT2D eigenvalue weighted by molar-refractivity contribution is -0.0963. The summed E-state index contributed by atoms with van der Waals surface area (Å²) in [5.74, 6) is 0. The van der Waals surface area contributed by atoms with Crippen molar-refractivity contribution in [3.63, 3.8) is 0 Å². The molecular weight excluding hydrogens is 115 g/mol. The summed E-state index contributed by atoms with van der Waals surface area (Å²) in [6, 6.07) is 0. The Labute approximate surface area is 49.2 Å². The molecule has 1 heterocycles. The Morgan fingerprint density at radius 2 is 1.57 bits per heavy atom. The van der Waals surface area contributed by atoms with E-state index in [1.165, 1.54) is 0 Å². The van der Waals surface area contributed by atoms with Gasteiger partial charge in [0.25, 0.3) is 0 Å². The van der Waals surface area contributed by atoms with E-state index in [1.54, 1.807) is 0 Å². The van der Waals surface area contributed by atoms with Crippen molar-refractivity contribution >= 4 is 12.4 Å². The lowest BCUT2D eigenvalue weighted by Crippen LogP contribution is -2.11. The zero-order chi connectivity index (χ0) is 4.24. The van der Waals surface area contributed by atoms with E-state index in [0.29, 0.717) is 6.79 Å². The van der Waals surface area contributed by atoms with Crippen LogP contribution < -0.4 is 0 Å². The molecule has 0 N–H and O–H groups in total. The fourth-order valence-corrected chi connectivity index (χ4v) is 0.440. The van der Waals surface area contributed by atoms with Crippen molar-refractivity contribution in [3.05, 3.63) is 0 Å². The highest BCUT2D eigenvalue weighted by Crippen LogP contribution is 1.91. The van der Waals surface area contributed by atoms with Crippen molar-refractivity contribution in [3.8, 4) is 0 Å². The quantitative estimate of drug-likeness (QED) is 0.476. The van der Waals surface area contributed by atoms with Gasteiger partial charge in [-0.1, -0.05) is 0 Å². The molecule has 3 heteroatoms. The standard InChI is InChI=1S/C4H8O2.ClH/c1-2-5-4-6-3-1;/h1-4H2;1H. The summed E-state index contributed by atoms with van der Waals surface area (Å²) in [6.07, 6.45) is 1.06. The average molecular weight is 125 g/mol. The number of rotatable bonds is 0. The third-order valence-electron chi connectivity index (χ3n) is 0.744. The molecule has 0 aliphatic carbocycles. The van der Waals surface area contributed by atoms with Gasteiger partial charge in [0, 0.05) is 0 Å². The van der Waals surface area contributed by atoms with Gasteiger partial charge in [-0.25, -0.2) is 0 Å². The maximum atomic E-state index is 4.85. The van der Waals surface area contributed by atoms with E-state index in [9.17, 15) is 0 Å². The first-order chi connectivity index (χ1) is 3.00. The Kier molecular flexibility index (Phi) is 4.50. The fourth-order valence-electron chi connectivity index (χ4n) is 0.440. The van der Waals surface area contributed by atoms with Crippen molar-refractivity contribution in [2.45, 2.75) is 6.42 Å². The summed E-state index contributed by atoms with van der Waals surface area (Å²) < 4.78 is 9.69. The Hall–Kier alpha value is 0.210. The molecule has 0 amide bonds.